The molecule has 4 atom stereocenters. The number of carbonyl (C=O) groups excluding carboxylic acids is 4. The van der Waals surface area contributed by atoms with Gasteiger partial charge in [0.05, 0.1) is 35.0 Å². The molecule has 140 heavy (non-hydrogen) atoms. The van der Waals surface area contributed by atoms with Crippen LogP contribution in [0.15, 0.2) is 188 Å². The zero-order valence-electron chi connectivity index (χ0n) is 82.0. The van der Waals surface area contributed by atoms with E-state index in [1.165, 1.54) is 16.0 Å². The molecule has 8 aliphatic rings. The Labute approximate surface area is 821 Å². The van der Waals surface area contributed by atoms with Crippen molar-refractivity contribution in [3.63, 3.8) is 0 Å². The number of carbonyl (C=O) groups is 4. The van der Waals surface area contributed by atoms with Gasteiger partial charge in [0.25, 0.3) is 0 Å². The average molecular weight is 1920 g/mol. The number of imidazole rings is 3. The molecule has 13 heterocycles. The monoisotopic (exact) mass is 1920 g/mol. The predicted octanol–water partition coefficient (Wildman–Crippen LogP) is 16.1. The van der Waals surface area contributed by atoms with Crippen LogP contribution in [0.2, 0.25) is 0 Å². The normalized spacial score (nSPS) is 17.6. The second kappa shape index (κ2) is 40.9. The number of amides is 4. The summed E-state index contributed by atoms with van der Waals surface area (Å²) in [6, 6.07) is 43.3. The van der Waals surface area contributed by atoms with Crippen LogP contribution in [-0.4, -0.2) is 188 Å². The lowest BCUT2D eigenvalue weighted by Gasteiger charge is -2.28. The molecule has 4 aromatic carbocycles. The van der Waals surface area contributed by atoms with Gasteiger partial charge in [0, 0.05) is 189 Å². The van der Waals surface area contributed by atoms with Crippen LogP contribution in [0.4, 0.5) is 22.7 Å². The Bertz CT molecular complexity index is 6630. The van der Waals surface area contributed by atoms with Gasteiger partial charge in [-0.2, -0.15) is 0 Å². The number of aliphatic hydroxyl groups is 4. The zero-order valence-corrected chi connectivity index (χ0v) is 82.8. The summed E-state index contributed by atoms with van der Waals surface area (Å²) in [4.78, 5) is 73.6. The number of aliphatic hydroxyl groups excluding tert-OH is 4. The number of H-pyrrole nitrogens is 1. The van der Waals surface area contributed by atoms with Crippen molar-refractivity contribution >= 4 is 85.7 Å². The third-order valence-corrected chi connectivity index (χ3v) is 30.4. The first-order chi connectivity index (χ1) is 67.3. The molecule has 13 aromatic rings. The minimum atomic E-state index is -0.697. The summed E-state index contributed by atoms with van der Waals surface area (Å²) in [5.41, 5.74) is 14.8. The number of fused-ring (bicyclic) bond motifs is 12. The lowest BCUT2D eigenvalue weighted by molar-refractivity contribution is -0.121. The Morgan fingerprint density at radius 3 is 1.24 bits per heavy atom. The Balaban J connectivity index is 0.000000124. The quantitative estimate of drug-likeness (QED) is 0.0178. The second-order valence-corrected chi connectivity index (χ2v) is 43.0. The number of anilines is 4. The van der Waals surface area contributed by atoms with Gasteiger partial charge in [0.1, 0.15) is 102 Å². The number of hydrogen-bond acceptors (Lipinski definition) is 22. The number of aromatic amines is 1. The highest BCUT2D eigenvalue weighted by Gasteiger charge is 2.54. The molecule has 13 N–H and O–H groups in total. The third kappa shape index (κ3) is 20.7. The number of methoxy groups -OCH3 is 1. The summed E-state index contributed by atoms with van der Waals surface area (Å²) >= 11 is 1.71. The van der Waals surface area contributed by atoms with E-state index in [-0.39, 0.29) is 72.2 Å². The molecule has 4 fully saturated rings. The minimum Gasteiger partial charge on any atom is -0.495 e. The fraction of sp³-hybridized carbons (Fsp3) is 0.455. The number of nitrogens with one attached hydrogen (secondary N) is 9. The highest BCUT2D eigenvalue weighted by molar-refractivity contribution is 7.13. The van der Waals surface area contributed by atoms with E-state index in [1.54, 1.807) is 24.6 Å². The number of ether oxygens (including phenoxy) is 5. The van der Waals surface area contributed by atoms with Gasteiger partial charge < -0.3 is 105 Å². The number of benzene rings is 4. The Kier molecular flexibility index (Phi) is 28.6. The molecule has 0 radical (unpaired) electrons. The zero-order chi connectivity index (χ0) is 97.9. The molecule has 21 rings (SSSR count). The molecule has 0 bridgehead atoms. The molecule has 9 aromatic heterocycles. The van der Waals surface area contributed by atoms with E-state index in [1.807, 2.05) is 126 Å². The Morgan fingerprint density at radius 1 is 0.429 bits per heavy atom. The van der Waals surface area contributed by atoms with Crippen LogP contribution in [0, 0.1) is 6.92 Å². The van der Waals surface area contributed by atoms with E-state index in [9.17, 15) is 39.6 Å². The number of rotatable bonds is 34. The first kappa shape index (κ1) is 98.1. The van der Waals surface area contributed by atoms with E-state index in [4.69, 9.17) is 28.7 Å². The van der Waals surface area contributed by atoms with Crippen molar-refractivity contribution in [3.8, 4) is 39.2 Å². The van der Waals surface area contributed by atoms with Gasteiger partial charge in [0.2, 0.25) is 23.6 Å². The van der Waals surface area contributed by atoms with Gasteiger partial charge in [-0.15, -0.1) is 11.3 Å². The number of thiophene rings is 1. The SMILES string of the molecule is CC(C)(Cc1c[nH]c2ncccc12)NC[C@H](O)COc1cccc2c1C1(CCCC1)C(=O)N2.CC(C)(Cc1cnc2c(-c3cccs3)cccn12)NC[C@H](O)COc1cccc2c1C1(CCCC1)C(=O)N2.COc1ccc2ncc(CC(C)(C)NC[C@H](O)COc3cccc4c3C3(CCCC3)C(=O)N4)n2c1.Cc1ccn2c(CC(C)(C)NC[C@H](O)COc3cccc4c3C3(CCCC3)C(=O)N4)cnc2c1. The molecule has 29 nitrogen and oxygen atoms in total. The van der Waals surface area contributed by atoms with Crippen LogP contribution in [0.5, 0.6) is 28.7 Å². The average Bonchev–Trinajstić information content (AvgIpc) is 1.59. The number of hydrogen-bond donors (Lipinski definition) is 13. The summed E-state index contributed by atoms with van der Waals surface area (Å²) < 4.78 is 36.0. The van der Waals surface area contributed by atoms with Crippen LogP contribution in [0.25, 0.3) is 38.4 Å². The van der Waals surface area contributed by atoms with Gasteiger partial charge in [0.15, 0.2) is 0 Å². The highest BCUT2D eigenvalue weighted by atomic mass is 32.1. The van der Waals surface area contributed by atoms with Crippen LogP contribution in [0.1, 0.15) is 209 Å². The summed E-state index contributed by atoms with van der Waals surface area (Å²) in [5.74, 6) is 3.92. The van der Waals surface area contributed by atoms with E-state index < -0.39 is 46.1 Å². The number of aromatic nitrogens is 8. The highest BCUT2D eigenvalue weighted by Crippen LogP contribution is 2.57. The summed E-state index contributed by atoms with van der Waals surface area (Å²) in [6.07, 6.45) is 31.1. The van der Waals surface area contributed by atoms with Crippen molar-refractivity contribution in [1.29, 1.82) is 0 Å². The van der Waals surface area contributed by atoms with Crippen LogP contribution in [0.3, 0.4) is 0 Å². The fourth-order valence-electron chi connectivity index (χ4n) is 22.4. The summed E-state index contributed by atoms with van der Waals surface area (Å²) in [6.45, 7) is 21.3. The maximum Gasteiger partial charge on any atom is 0.235 e. The van der Waals surface area contributed by atoms with Gasteiger partial charge in [-0.05, 0) is 240 Å². The maximum absolute atomic E-state index is 12.8. The van der Waals surface area contributed by atoms with Crippen molar-refractivity contribution in [2.45, 2.75) is 259 Å². The fourth-order valence-corrected chi connectivity index (χ4v) is 23.1. The van der Waals surface area contributed by atoms with Crippen LogP contribution < -0.4 is 66.2 Å². The predicted molar refractivity (Wildman–Crippen MR) is 546 cm³/mol. The molecule has 4 aliphatic heterocycles. The number of nitrogens with zero attached hydrogens (tertiary/aromatic N) is 7. The number of β-amino-alcohol motifs (C(OH)–C–C–N with tert-alkyl or cyclic N) is 4. The third-order valence-electron chi connectivity index (χ3n) is 29.5. The van der Waals surface area contributed by atoms with Crippen molar-refractivity contribution < 1.29 is 63.3 Å². The van der Waals surface area contributed by atoms with E-state index >= 15 is 0 Å². The van der Waals surface area contributed by atoms with Gasteiger partial charge in [-0.25, -0.2) is 19.9 Å². The van der Waals surface area contributed by atoms with Gasteiger partial charge >= 0.3 is 0 Å². The number of pyridine rings is 4. The first-order valence-electron chi connectivity index (χ1n) is 49.7. The van der Waals surface area contributed by atoms with Gasteiger partial charge in [-0.1, -0.05) is 81.7 Å². The van der Waals surface area contributed by atoms with E-state index in [0.29, 0.717) is 49.2 Å². The Morgan fingerprint density at radius 2 is 0.829 bits per heavy atom. The molecular formula is C110H134N16O13S. The molecule has 4 amide bonds. The molecule has 738 valence electrons. The number of aryl methyl sites for hydroxylation is 1. The van der Waals surface area contributed by atoms with E-state index in [2.05, 4.69) is 194 Å². The Hall–Kier alpha value is -12.1. The maximum atomic E-state index is 12.8. The lowest BCUT2D eigenvalue weighted by atomic mass is 9.79. The van der Waals surface area contributed by atoms with Crippen molar-refractivity contribution in [2.24, 2.45) is 0 Å². The van der Waals surface area contributed by atoms with Crippen LogP contribution in [-0.2, 0) is 66.5 Å². The standard InChI is InChI=1S/C30H34N4O3S.C27H34N4O4.C27H34N4O3.C26H32N4O3/c1-29(2,16-20-17-31-27-22(8-6-14-34(20)27)25-11-7-15-38-25)32-18-21(35)19-37-24-10-5-9-23-26(24)30(28(36)33-23)12-3-4-13-30;1-26(2,13-18-14-28-23-10-9-20(34-3)16-31(18)23)29-15-19(32)17-35-22-8-6-7-21-24(22)27(25(33)30-21)11-4-5-12-27;1-18-9-12-31-19(15-28-23(31)13-18)14-26(2,3)29-16-20(32)17-34-22-8-6-7-21-24(22)27(25(33)30-21)10-4-5-11-27;1-25(2,13-17-14-28-23-19(17)7-6-12-27-23)29-15-18(31)16-33-21-9-5-8-20-22(21)26(24(32)30-20)10-3-4-11-26/h5-11,14-15,17,21,32,35H,3-4,12-13,16,18-19H2,1-2H3,(H,33,36);6-10,14,16,19,29,32H,4-5,11-13,15,17H2,1-3H3,(H,30,33);6-9,12-13,15,20,29,32H,4-5,10-11,14,16-17H2,1-3H3,(H,30,33);5-9,12,14,18,29,31H,3-4,10-11,13,15-16H2,1-2H3,(H,27,28)(H,30,32)/t21-;19-;20-;18-/m0000/s1. The molecule has 4 spiro atoms. The van der Waals surface area contributed by atoms with Crippen molar-refractivity contribution in [1.82, 2.24) is 59.4 Å². The van der Waals surface area contributed by atoms with Crippen molar-refractivity contribution in [3.05, 3.63) is 239 Å². The van der Waals surface area contributed by atoms with E-state index in [0.717, 1.165) is 230 Å². The topological polar surface area (TPSA) is 372 Å². The first-order valence-corrected chi connectivity index (χ1v) is 50.6. The second-order valence-electron chi connectivity index (χ2n) is 42.1. The smallest absolute Gasteiger partial charge is 0.235 e. The van der Waals surface area contributed by atoms with Crippen molar-refractivity contribution in [2.75, 3.05) is 81.0 Å². The largest absolute Gasteiger partial charge is 0.495 e. The molecule has 4 aliphatic carbocycles. The molecule has 30 heteroatoms. The summed E-state index contributed by atoms with van der Waals surface area (Å²) in [7, 11) is 1.65. The molecule has 0 saturated heterocycles. The van der Waals surface area contributed by atoms with Gasteiger partial charge in [-0.3, -0.25) is 19.2 Å². The lowest BCUT2D eigenvalue weighted by Crippen LogP contribution is -2.46. The van der Waals surface area contributed by atoms with Crippen LogP contribution >= 0.6 is 11.3 Å². The summed E-state index contributed by atoms with van der Waals surface area (Å²) in [5, 5.41) is 72.1. The minimum absolute atomic E-state index is 0.0787. The molecule has 0 unspecified atom stereocenters. The molecular weight excluding hydrogens is 1790 g/mol. The molecule has 4 saturated carbocycles.